The van der Waals surface area contributed by atoms with E-state index in [4.69, 9.17) is 28.4 Å². The zero-order chi connectivity index (χ0) is 46.1. The van der Waals surface area contributed by atoms with Crippen LogP contribution < -0.4 is 9.47 Å². The number of hydrogen-bond donors (Lipinski definition) is 4. The summed E-state index contributed by atoms with van der Waals surface area (Å²) >= 11 is 0. The summed E-state index contributed by atoms with van der Waals surface area (Å²) < 4.78 is 34.6. The van der Waals surface area contributed by atoms with Crippen LogP contribution in [0.1, 0.15) is 127 Å². The fraction of sp³-hybridized carbons (Fsp3) is 0.362. The number of hydrogen-bond acceptors (Lipinski definition) is 12. The molecule has 0 heterocycles. The summed E-state index contributed by atoms with van der Waals surface area (Å²) in [5, 5.41) is 37.8. The molecular weight excluding hydrogens is 821 g/mol. The highest BCUT2D eigenvalue weighted by molar-refractivity contribution is 6.05. The number of carbonyl (C=O) groups excluding carboxylic acids is 2. The van der Waals surface area contributed by atoms with Gasteiger partial charge >= 0.3 is 35.8 Å². The third-order valence-corrected chi connectivity index (χ3v) is 9.90. The molecule has 2 atom stereocenters. The van der Waals surface area contributed by atoms with E-state index in [1.165, 1.54) is 0 Å². The molecule has 16 heteroatoms. The molecule has 336 valence electrons. The van der Waals surface area contributed by atoms with Crippen LogP contribution in [-0.4, -0.2) is 108 Å². The molecule has 0 amide bonds. The molecule has 0 aromatic heterocycles. The summed E-state index contributed by atoms with van der Waals surface area (Å²) in [6, 6.07) is 20.9. The maximum Gasteiger partial charge on any atom is 0.339 e. The van der Waals surface area contributed by atoms with Gasteiger partial charge in [-0.3, -0.25) is 0 Å². The molecule has 0 aliphatic carbocycles. The van der Waals surface area contributed by atoms with Crippen molar-refractivity contribution >= 4 is 35.8 Å². The van der Waals surface area contributed by atoms with E-state index in [0.29, 0.717) is 24.7 Å². The Morgan fingerprint density at radius 2 is 0.857 bits per heavy atom. The van der Waals surface area contributed by atoms with Gasteiger partial charge in [-0.1, -0.05) is 64.8 Å². The smallest absolute Gasteiger partial charge is 0.339 e. The molecule has 4 aromatic carbocycles. The second kappa shape index (κ2) is 23.4. The van der Waals surface area contributed by atoms with Gasteiger partial charge in [-0.25, -0.2) is 28.8 Å². The summed E-state index contributed by atoms with van der Waals surface area (Å²) in [4.78, 5) is 72.7. The minimum Gasteiger partial charge on any atom is -0.490 e. The fourth-order valence-electron chi connectivity index (χ4n) is 6.13. The van der Waals surface area contributed by atoms with Crippen LogP contribution in [0.4, 0.5) is 0 Å². The van der Waals surface area contributed by atoms with Crippen molar-refractivity contribution in [2.24, 2.45) is 0 Å². The average Bonchev–Trinajstić information content (AvgIpc) is 3.27. The quantitative estimate of drug-likeness (QED) is 0.0350. The van der Waals surface area contributed by atoms with Crippen molar-refractivity contribution in [3.05, 3.63) is 129 Å². The van der Waals surface area contributed by atoms with Crippen molar-refractivity contribution in [2.75, 3.05) is 39.6 Å². The van der Waals surface area contributed by atoms with Crippen LogP contribution in [0.3, 0.4) is 0 Å². The monoisotopic (exact) mass is 872 g/mol. The van der Waals surface area contributed by atoms with E-state index < -0.39 is 64.6 Å². The van der Waals surface area contributed by atoms with Crippen molar-refractivity contribution < 1.29 is 77.6 Å². The summed E-state index contributed by atoms with van der Waals surface area (Å²) in [7, 11) is 0. The first kappa shape index (κ1) is 48.9. The molecule has 16 nitrogen and oxygen atoms in total. The lowest BCUT2D eigenvalue weighted by Crippen LogP contribution is -2.31. The van der Waals surface area contributed by atoms with E-state index in [2.05, 4.69) is 0 Å². The summed E-state index contributed by atoms with van der Waals surface area (Å²) in [6.45, 7) is 8.59. The van der Waals surface area contributed by atoms with Crippen LogP contribution in [0.15, 0.2) is 84.9 Å². The number of carboxylic acid groups (broad SMARTS) is 4. The fourth-order valence-corrected chi connectivity index (χ4v) is 6.13. The third kappa shape index (κ3) is 14.1. The SMILES string of the molecule is CCCCOCC(COc1ccc(C(C)(C)c2ccc(OCC(COCCCC)OC(=O)c3ccc(C(=O)O)cc3C(=O)O)cc2)cc1)OC(=O)c1ccc(C(=O)O)cc1C(=O)O. The first-order valence-corrected chi connectivity index (χ1v) is 20.3. The first-order chi connectivity index (χ1) is 30.0. The molecule has 4 rings (SSSR count). The second-order valence-electron chi connectivity index (χ2n) is 14.9. The Bertz CT molecular complexity index is 2060. The standard InChI is InChI=1S/C47H52O16/c1-5-7-21-58-25-35(62-45(56)37-19-9-29(41(48)49)23-39(37)43(52)53)27-60-33-15-11-31(12-16-33)47(3,4)32-13-17-34(18-14-32)61-28-36(26-59-22-8-6-2)63-46(57)38-20-10-30(42(50)51)24-40(38)44(54)55/h9-20,23-24,35-36H,5-8,21-22,25-28H2,1-4H3,(H,48,49)(H,50,51)(H,52,53)(H,54,55). The van der Waals surface area contributed by atoms with Gasteiger partial charge in [-0.15, -0.1) is 0 Å². The lowest BCUT2D eigenvalue weighted by Gasteiger charge is -2.27. The minimum atomic E-state index is -1.48. The van der Waals surface area contributed by atoms with E-state index in [1.54, 1.807) is 24.3 Å². The highest BCUT2D eigenvalue weighted by atomic mass is 16.6. The summed E-state index contributed by atoms with van der Waals surface area (Å²) in [5.41, 5.74) is -0.834. The Labute approximate surface area is 364 Å². The first-order valence-electron chi connectivity index (χ1n) is 20.3. The van der Waals surface area contributed by atoms with Crippen LogP contribution in [0.5, 0.6) is 11.5 Å². The molecule has 4 N–H and O–H groups in total. The average molecular weight is 873 g/mol. The van der Waals surface area contributed by atoms with Crippen LogP contribution >= 0.6 is 0 Å². The largest absolute Gasteiger partial charge is 0.490 e. The number of ether oxygens (including phenoxy) is 6. The molecule has 0 spiro atoms. The lowest BCUT2D eigenvalue weighted by molar-refractivity contribution is -0.0205. The van der Waals surface area contributed by atoms with E-state index in [9.17, 15) is 49.2 Å². The van der Waals surface area contributed by atoms with Gasteiger partial charge in [0.1, 0.15) is 24.7 Å². The zero-order valence-electron chi connectivity index (χ0n) is 35.5. The number of aromatic carboxylic acids is 4. The van der Waals surface area contributed by atoms with Gasteiger partial charge in [-0.2, -0.15) is 0 Å². The molecule has 0 radical (unpaired) electrons. The van der Waals surface area contributed by atoms with Crippen molar-refractivity contribution in [1.29, 1.82) is 0 Å². The molecular formula is C47H52O16. The Kier molecular flexibility index (Phi) is 18.2. The van der Waals surface area contributed by atoms with Gasteiger partial charge in [-0.05, 0) is 84.6 Å². The van der Waals surface area contributed by atoms with E-state index in [-0.39, 0.29) is 48.7 Å². The van der Waals surface area contributed by atoms with Crippen LogP contribution in [-0.2, 0) is 24.4 Å². The lowest BCUT2D eigenvalue weighted by atomic mass is 9.78. The molecule has 0 aliphatic heterocycles. The highest BCUT2D eigenvalue weighted by Gasteiger charge is 2.27. The molecule has 2 unspecified atom stereocenters. The van der Waals surface area contributed by atoms with E-state index >= 15 is 0 Å². The third-order valence-electron chi connectivity index (χ3n) is 9.90. The second-order valence-corrected chi connectivity index (χ2v) is 14.9. The van der Waals surface area contributed by atoms with E-state index in [0.717, 1.165) is 73.2 Å². The molecule has 63 heavy (non-hydrogen) atoms. The van der Waals surface area contributed by atoms with Gasteiger partial charge in [0.15, 0.2) is 12.2 Å². The maximum absolute atomic E-state index is 13.1. The van der Waals surface area contributed by atoms with Crippen molar-refractivity contribution in [3.8, 4) is 11.5 Å². The summed E-state index contributed by atoms with van der Waals surface area (Å²) in [6.07, 6.45) is 1.45. The molecule has 0 bridgehead atoms. The Morgan fingerprint density at radius 3 is 1.17 bits per heavy atom. The normalized spacial score (nSPS) is 12.1. The van der Waals surface area contributed by atoms with Crippen LogP contribution in [0, 0.1) is 0 Å². The topological polar surface area (TPSA) is 239 Å². The van der Waals surface area contributed by atoms with Crippen LogP contribution in [0.2, 0.25) is 0 Å². The zero-order valence-corrected chi connectivity index (χ0v) is 35.5. The summed E-state index contributed by atoms with van der Waals surface area (Å²) in [5.74, 6) is -6.65. The van der Waals surface area contributed by atoms with Gasteiger partial charge in [0.05, 0.1) is 46.6 Å². The van der Waals surface area contributed by atoms with Crippen molar-refractivity contribution in [1.82, 2.24) is 0 Å². The number of esters is 2. The highest BCUT2D eigenvalue weighted by Crippen LogP contribution is 2.33. The minimum absolute atomic E-state index is 0.0249. The molecule has 0 fully saturated rings. The Hall–Kier alpha value is -6.78. The van der Waals surface area contributed by atoms with Gasteiger partial charge in [0.25, 0.3) is 0 Å². The predicted octanol–water partition coefficient (Wildman–Crippen LogP) is 7.65. The van der Waals surface area contributed by atoms with Gasteiger partial charge in [0, 0.05) is 18.6 Å². The number of carbonyl (C=O) groups is 6. The van der Waals surface area contributed by atoms with Gasteiger partial charge in [0.2, 0.25) is 0 Å². The number of unbranched alkanes of at least 4 members (excludes halogenated alkanes) is 2. The Morgan fingerprint density at radius 1 is 0.492 bits per heavy atom. The number of rotatable bonds is 26. The number of benzene rings is 4. The Balaban J connectivity index is 1.41. The molecule has 0 saturated carbocycles. The maximum atomic E-state index is 13.1. The van der Waals surface area contributed by atoms with Crippen molar-refractivity contribution in [3.63, 3.8) is 0 Å². The number of carboxylic acids is 4. The molecule has 4 aromatic rings. The molecule has 0 saturated heterocycles. The predicted molar refractivity (Wildman–Crippen MR) is 227 cm³/mol. The molecule has 0 aliphatic rings. The van der Waals surface area contributed by atoms with Crippen molar-refractivity contribution in [2.45, 2.75) is 71.0 Å². The van der Waals surface area contributed by atoms with Gasteiger partial charge < -0.3 is 48.8 Å². The van der Waals surface area contributed by atoms with E-state index in [1.807, 2.05) is 52.0 Å². The van der Waals surface area contributed by atoms with Crippen LogP contribution in [0.25, 0.3) is 0 Å².